The zero-order valence-corrected chi connectivity index (χ0v) is 20.3. The lowest BCUT2D eigenvalue weighted by molar-refractivity contribution is -0.123. The van der Waals surface area contributed by atoms with Crippen LogP contribution in [0.3, 0.4) is 0 Å². The summed E-state index contributed by atoms with van der Waals surface area (Å²) in [7, 11) is -0.632. The van der Waals surface area contributed by atoms with Gasteiger partial charge in [-0.25, -0.2) is 8.42 Å². The standard InChI is InChI=1S/C25H28N2O6S/c1-17-6-5-7-20(14-17)27-34(29,30)22-11-9-21(10-12-22)33-16-25(28)26-18(2)19-8-13-23(31-3)24(15-19)32-4/h5-15,18,27H,16H2,1-4H3,(H,26,28). The van der Waals surface area contributed by atoms with Crippen molar-refractivity contribution >= 4 is 21.6 Å². The van der Waals surface area contributed by atoms with Gasteiger partial charge >= 0.3 is 0 Å². The van der Waals surface area contributed by atoms with Crippen LogP contribution in [-0.2, 0) is 14.8 Å². The Morgan fingerprint density at radius 2 is 1.65 bits per heavy atom. The van der Waals surface area contributed by atoms with Crippen LogP contribution in [0.1, 0.15) is 24.1 Å². The van der Waals surface area contributed by atoms with E-state index in [1.54, 1.807) is 44.6 Å². The fraction of sp³-hybridized carbons (Fsp3) is 0.240. The molecule has 1 atom stereocenters. The molecule has 180 valence electrons. The molecule has 0 aliphatic heterocycles. The second kappa shape index (κ2) is 10.9. The zero-order chi connectivity index (χ0) is 24.7. The lowest BCUT2D eigenvalue weighted by Crippen LogP contribution is -2.31. The number of benzene rings is 3. The highest BCUT2D eigenvalue weighted by Crippen LogP contribution is 2.29. The Labute approximate surface area is 199 Å². The number of ether oxygens (including phenoxy) is 3. The summed E-state index contributed by atoms with van der Waals surface area (Å²) < 4.78 is 43.8. The molecule has 0 aromatic heterocycles. The molecule has 0 aliphatic rings. The minimum atomic E-state index is -3.74. The summed E-state index contributed by atoms with van der Waals surface area (Å²) >= 11 is 0. The van der Waals surface area contributed by atoms with Gasteiger partial charge in [0.05, 0.1) is 25.2 Å². The number of carbonyl (C=O) groups excluding carboxylic acids is 1. The van der Waals surface area contributed by atoms with E-state index in [9.17, 15) is 13.2 Å². The smallest absolute Gasteiger partial charge is 0.261 e. The Kier molecular flexibility index (Phi) is 8.01. The molecule has 0 bridgehead atoms. The fourth-order valence-corrected chi connectivity index (χ4v) is 4.32. The van der Waals surface area contributed by atoms with E-state index in [1.165, 1.54) is 24.3 Å². The minimum absolute atomic E-state index is 0.0906. The number of hydrogen-bond donors (Lipinski definition) is 2. The predicted octanol–water partition coefficient (Wildman–Crippen LogP) is 4.07. The summed E-state index contributed by atoms with van der Waals surface area (Å²) in [5.41, 5.74) is 2.28. The van der Waals surface area contributed by atoms with Crippen molar-refractivity contribution in [2.75, 3.05) is 25.5 Å². The van der Waals surface area contributed by atoms with Crippen LogP contribution in [-0.4, -0.2) is 35.2 Å². The maximum Gasteiger partial charge on any atom is 0.261 e. The Morgan fingerprint density at radius 3 is 2.29 bits per heavy atom. The Morgan fingerprint density at radius 1 is 0.941 bits per heavy atom. The highest BCUT2D eigenvalue weighted by Gasteiger charge is 2.16. The van der Waals surface area contributed by atoms with Gasteiger partial charge in [0.1, 0.15) is 5.75 Å². The fourth-order valence-electron chi connectivity index (χ4n) is 3.28. The van der Waals surface area contributed by atoms with Crippen LogP contribution < -0.4 is 24.2 Å². The van der Waals surface area contributed by atoms with Crippen molar-refractivity contribution in [3.8, 4) is 17.2 Å². The molecular formula is C25H28N2O6S. The van der Waals surface area contributed by atoms with E-state index < -0.39 is 10.0 Å². The van der Waals surface area contributed by atoms with Crippen molar-refractivity contribution in [1.82, 2.24) is 5.32 Å². The number of sulfonamides is 1. The van der Waals surface area contributed by atoms with Crippen molar-refractivity contribution in [3.05, 3.63) is 77.9 Å². The van der Waals surface area contributed by atoms with Gasteiger partial charge in [0, 0.05) is 5.69 Å². The first kappa shape index (κ1) is 24.9. The van der Waals surface area contributed by atoms with E-state index >= 15 is 0 Å². The highest BCUT2D eigenvalue weighted by atomic mass is 32.2. The van der Waals surface area contributed by atoms with Crippen LogP contribution in [0.15, 0.2) is 71.6 Å². The number of carbonyl (C=O) groups is 1. The number of anilines is 1. The zero-order valence-electron chi connectivity index (χ0n) is 19.5. The summed E-state index contributed by atoms with van der Waals surface area (Å²) in [5.74, 6) is 1.24. The molecule has 2 N–H and O–H groups in total. The average molecular weight is 485 g/mol. The topological polar surface area (TPSA) is 103 Å². The molecule has 34 heavy (non-hydrogen) atoms. The predicted molar refractivity (Wildman–Crippen MR) is 130 cm³/mol. The maximum atomic E-state index is 12.6. The normalized spacial score (nSPS) is 11.9. The van der Waals surface area contributed by atoms with Crippen molar-refractivity contribution in [2.24, 2.45) is 0 Å². The van der Waals surface area contributed by atoms with Gasteiger partial charge in [-0.05, 0) is 73.5 Å². The second-order valence-corrected chi connectivity index (χ2v) is 9.32. The number of methoxy groups -OCH3 is 2. The van der Waals surface area contributed by atoms with Gasteiger partial charge in [-0.15, -0.1) is 0 Å². The lowest BCUT2D eigenvalue weighted by Gasteiger charge is -2.17. The van der Waals surface area contributed by atoms with Crippen molar-refractivity contribution in [1.29, 1.82) is 0 Å². The van der Waals surface area contributed by atoms with Gasteiger partial charge in [0.15, 0.2) is 18.1 Å². The molecule has 0 heterocycles. The molecule has 3 aromatic rings. The molecule has 9 heteroatoms. The number of hydrogen-bond acceptors (Lipinski definition) is 6. The van der Waals surface area contributed by atoms with Gasteiger partial charge in [0.25, 0.3) is 15.9 Å². The van der Waals surface area contributed by atoms with Crippen LogP contribution in [0.5, 0.6) is 17.2 Å². The molecule has 0 radical (unpaired) electrons. The van der Waals surface area contributed by atoms with E-state index in [2.05, 4.69) is 10.0 Å². The lowest BCUT2D eigenvalue weighted by atomic mass is 10.1. The van der Waals surface area contributed by atoms with Crippen LogP contribution in [0, 0.1) is 6.92 Å². The van der Waals surface area contributed by atoms with E-state index in [0.29, 0.717) is 22.9 Å². The highest BCUT2D eigenvalue weighted by molar-refractivity contribution is 7.92. The van der Waals surface area contributed by atoms with Crippen LogP contribution in [0.4, 0.5) is 5.69 Å². The number of aryl methyl sites for hydroxylation is 1. The van der Waals surface area contributed by atoms with Crippen LogP contribution in [0.25, 0.3) is 0 Å². The number of rotatable bonds is 10. The largest absolute Gasteiger partial charge is 0.493 e. The molecule has 0 spiro atoms. The summed E-state index contributed by atoms with van der Waals surface area (Å²) in [5, 5.41) is 2.86. The molecule has 3 aromatic carbocycles. The molecule has 0 aliphatic carbocycles. The van der Waals surface area contributed by atoms with Crippen molar-refractivity contribution < 1.29 is 27.4 Å². The van der Waals surface area contributed by atoms with E-state index in [1.807, 2.05) is 26.0 Å². The molecule has 0 saturated carbocycles. The van der Waals surface area contributed by atoms with Crippen LogP contribution in [0.2, 0.25) is 0 Å². The third kappa shape index (κ3) is 6.41. The first-order valence-electron chi connectivity index (χ1n) is 10.6. The van der Waals surface area contributed by atoms with E-state index in [-0.39, 0.29) is 23.5 Å². The molecule has 8 nitrogen and oxygen atoms in total. The van der Waals surface area contributed by atoms with Crippen LogP contribution >= 0.6 is 0 Å². The average Bonchev–Trinajstić information content (AvgIpc) is 2.82. The maximum absolute atomic E-state index is 12.6. The first-order chi connectivity index (χ1) is 16.2. The summed E-state index contributed by atoms with van der Waals surface area (Å²) in [6, 6.07) is 18.1. The van der Waals surface area contributed by atoms with Gasteiger partial charge in [0.2, 0.25) is 0 Å². The van der Waals surface area contributed by atoms with E-state index in [4.69, 9.17) is 14.2 Å². The Hall–Kier alpha value is -3.72. The molecule has 1 amide bonds. The molecular weight excluding hydrogens is 456 g/mol. The van der Waals surface area contributed by atoms with Crippen molar-refractivity contribution in [3.63, 3.8) is 0 Å². The molecule has 1 unspecified atom stereocenters. The Balaban J connectivity index is 1.56. The quantitative estimate of drug-likeness (QED) is 0.450. The molecule has 3 rings (SSSR count). The summed E-state index contributed by atoms with van der Waals surface area (Å²) in [4.78, 5) is 12.4. The minimum Gasteiger partial charge on any atom is -0.493 e. The van der Waals surface area contributed by atoms with Gasteiger partial charge in [-0.1, -0.05) is 18.2 Å². The third-order valence-corrected chi connectivity index (χ3v) is 6.46. The molecule has 0 saturated heterocycles. The number of nitrogens with one attached hydrogen (secondary N) is 2. The monoisotopic (exact) mass is 484 g/mol. The Bertz CT molecular complexity index is 1240. The molecule has 0 fully saturated rings. The third-order valence-electron chi connectivity index (χ3n) is 5.06. The number of amides is 1. The van der Waals surface area contributed by atoms with Gasteiger partial charge < -0.3 is 19.5 Å². The summed E-state index contributed by atoms with van der Waals surface area (Å²) in [6.07, 6.45) is 0. The summed E-state index contributed by atoms with van der Waals surface area (Å²) in [6.45, 7) is 3.51. The first-order valence-corrected chi connectivity index (χ1v) is 12.0. The SMILES string of the molecule is COc1ccc(C(C)NC(=O)COc2ccc(S(=O)(=O)Nc3cccc(C)c3)cc2)cc1OC. The van der Waals surface area contributed by atoms with Gasteiger partial charge in [-0.2, -0.15) is 0 Å². The van der Waals surface area contributed by atoms with Crippen molar-refractivity contribution in [2.45, 2.75) is 24.8 Å². The van der Waals surface area contributed by atoms with E-state index in [0.717, 1.165) is 11.1 Å². The second-order valence-electron chi connectivity index (χ2n) is 7.64. The van der Waals surface area contributed by atoms with Gasteiger partial charge in [-0.3, -0.25) is 9.52 Å².